The highest BCUT2D eigenvalue weighted by Crippen LogP contribution is 2.20. The number of hydrogen-bond donors (Lipinski definition) is 2. The molecule has 0 aliphatic carbocycles. The number of carbonyl (C=O) groups excluding carboxylic acids is 1. The quantitative estimate of drug-likeness (QED) is 0.471. The number of hydrogen-bond acceptors (Lipinski definition) is 3. The third-order valence-electron chi connectivity index (χ3n) is 4.07. The van der Waals surface area contributed by atoms with E-state index in [4.69, 9.17) is 11.6 Å². The van der Waals surface area contributed by atoms with Crippen LogP contribution in [0.3, 0.4) is 0 Å². The molecule has 136 valence electrons. The van der Waals surface area contributed by atoms with Gasteiger partial charge in [-0.1, -0.05) is 78.3 Å². The Morgan fingerprint density at radius 2 is 1.52 bits per heavy atom. The Morgan fingerprint density at radius 1 is 0.889 bits per heavy atom. The van der Waals surface area contributed by atoms with E-state index >= 15 is 0 Å². The zero-order valence-corrected chi connectivity index (χ0v) is 15.7. The largest absolute Gasteiger partial charge is 0.375 e. The van der Waals surface area contributed by atoms with Crippen LogP contribution < -0.4 is 10.7 Å². The monoisotopic (exact) mass is 377 g/mol. The Labute approximate surface area is 163 Å². The number of hydrazone groups is 1. The molecule has 0 saturated heterocycles. The highest BCUT2D eigenvalue weighted by molar-refractivity contribution is 6.33. The van der Waals surface area contributed by atoms with E-state index in [2.05, 4.69) is 28.0 Å². The van der Waals surface area contributed by atoms with Gasteiger partial charge in [-0.25, -0.2) is 5.43 Å². The van der Waals surface area contributed by atoms with Crippen LogP contribution in [0.2, 0.25) is 5.02 Å². The number of benzene rings is 3. The minimum Gasteiger partial charge on any atom is -0.375 e. The van der Waals surface area contributed by atoms with Crippen molar-refractivity contribution < 1.29 is 4.79 Å². The zero-order chi connectivity index (χ0) is 19.1. The topological polar surface area (TPSA) is 53.5 Å². The normalized spacial score (nSPS) is 11.1. The first kappa shape index (κ1) is 18.7. The van der Waals surface area contributed by atoms with Crippen molar-refractivity contribution in [3.05, 3.63) is 89.4 Å². The van der Waals surface area contributed by atoms with Crippen molar-refractivity contribution in [1.82, 2.24) is 5.43 Å². The van der Waals surface area contributed by atoms with Gasteiger partial charge in [-0.3, -0.25) is 4.79 Å². The fourth-order valence-electron chi connectivity index (χ4n) is 2.56. The maximum atomic E-state index is 12.0. The van der Waals surface area contributed by atoms with Gasteiger partial charge in [0, 0.05) is 0 Å². The van der Waals surface area contributed by atoms with Gasteiger partial charge < -0.3 is 5.32 Å². The van der Waals surface area contributed by atoms with Crippen LogP contribution in [0.25, 0.3) is 11.1 Å². The van der Waals surface area contributed by atoms with Gasteiger partial charge in [0.05, 0.1) is 23.0 Å². The number of amides is 1. The number of nitrogens with one attached hydrogen (secondary N) is 2. The lowest BCUT2D eigenvalue weighted by Gasteiger charge is -2.08. The Morgan fingerprint density at radius 3 is 2.22 bits per heavy atom. The molecule has 5 heteroatoms. The summed E-state index contributed by atoms with van der Waals surface area (Å²) in [5, 5.41) is 7.74. The van der Waals surface area contributed by atoms with E-state index in [1.165, 1.54) is 0 Å². The van der Waals surface area contributed by atoms with Crippen molar-refractivity contribution in [2.45, 2.75) is 6.92 Å². The van der Waals surface area contributed by atoms with Crippen LogP contribution in [0.15, 0.2) is 84.0 Å². The fraction of sp³-hybridized carbons (Fsp3) is 0.0909. The molecule has 0 atom stereocenters. The lowest BCUT2D eigenvalue weighted by Crippen LogP contribution is -2.26. The lowest BCUT2D eigenvalue weighted by atomic mass is 10.0. The molecule has 0 aromatic heterocycles. The highest BCUT2D eigenvalue weighted by Gasteiger charge is 2.04. The number of halogens is 1. The van der Waals surface area contributed by atoms with Crippen LogP contribution in [-0.4, -0.2) is 18.2 Å². The van der Waals surface area contributed by atoms with E-state index in [1.54, 1.807) is 6.07 Å². The first-order valence-electron chi connectivity index (χ1n) is 8.61. The van der Waals surface area contributed by atoms with Crippen molar-refractivity contribution >= 4 is 28.9 Å². The molecule has 4 nitrogen and oxygen atoms in total. The van der Waals surface area contributed by atoms with E-state index in [0.717, 1.165) is 22.4 Å². The molecule has 0 aliphatic rings. The van der Waals surface area contributed by atoms with E-state index in [1.807, 2.05) is 67.6 Å². The predicted octanol–water partition coefficient (Wildman–Crippen LogP) is 4.96. The fourth-order valence-corrected chi connectivity index (χ4v) is 2.77. The average molecular weight is 378 g/mol. The summed E-state index contributed by atoms with van der Waals surface area (Å²) in [6, 6.07) is 25.5. The Hall–Kier alpha value is -3.11. The van der Waals surface area contributed by atoms with E-state index < -0.39 is 0 Å². The van der Waals surface area contributed by atoms with Gasteiger partial charge in [0.1, 0.15) is 0 Å². The third kappa shape index (κ3) is 5.19. The van der Waals surface area contributed by atoms with Gasteiger partial charge in [-0.15, -0.1) is 0 Å². The molecule has 1 amide bonds. The summed E-state index contributed by atoms with van der Waals surface area (Å²) in [6.45, 7) is 1.95. The molecule has 0 fully saturated rings. The third-order valence-corrected chi connectivity index (χ3v) is 4.40. The number of anilines is 1. The van der Waals surface area contributed by atoms with Gasteiger partial charge in [-0.2, -0.15) is 5.10 Å². The summed E-state index contributed by atoms with van der Waals surface area (Å²) >= 11 is 6.05. The van der Waals surface area contributed by atoms with Crippen LogP contribution >= 0.6 is 11.6 Å². The molecule has 0 saturated carbocycles. The SMILES string of the molecule is CC(=NNC(=O)CNc1ccccc1Cl)c1ccc(-c2ccccc2)cc1. The van der Waals surface area contributed by atoms with Crippen molar-refractivity contribution in [2.24, 2.45) is 5.10 Å². The van der Waals surface area contributed by atoms with Crippen molar-refractivity contribution in [1.29, 1.82) is 0 Å². The molecular weight excluding hydrogens is 358 g/mol. The minimum atomic E-state index is -0.241. The molecule has 0 unspecified atom stereocenters. The molecule has 0 radical (unpaired) electrons. The van der Waals surface area contributed by atoms with Gasteiger partial charge in [-0.05, 0) is 35.7 Å². The van der Waals surface area contributed by atoms with Gasteiger partial charge in [0.2, 0.25) is 0 Å². The number of nitrogens with zero attached hydrogens (tertiary/aromatic N) is 1. The molecular formula is C22H20ClN3O. The van der Waals surface area contributed by atoms with Crippen LogP contribution in [0.1, 0.15) is 12.5 Å². The molecule has 0 heterocycles. The maximum absolute atomic E-state index is 12.0. The Bertz CT molecular complexity index is 937. The second-order valence-corrected chi connectivity index (χ2v) is 6.42. The molecule has 3 aromatic rings. The summed E-state index contributed by atoms with van der Waals surface area (Å²) in [4.78, 5) is 12.0. The molecule has 0 spiro atoms. The molecule has 2 N–H and O–H groups in total. The highest BCUT2D eigenvalue weighted by atomic mass is 35.5. The standard InChI is InChI=1S/C22H20ClN3O/c1-16(17-11-13-19(14-12-17)18-7-3-2-4-8-18)25-26-22(27)15-24-21-10-6-5-9-20(21)23/h2-14,24H,15H2,1H3,(H,26,27). The first-order valence-corrected chi connectivity index (χ1v) is 8.98. The van der Waals surface area contributed by atoms with Gasteiger partial charge >= 0.3 is 0 Å². The van der Waals surface area contributed by atoms with Crippen molar-refractivity contribution in [3.8, 4) is 11.1 Å². The van der Waals surface area contributed by atoms with Crippen LogP contribution in [0.4, 0.5) is 5.69 Å². The van der Waals surface area contributed by atoms with E-state index in [0.29, 0.717) is 10.7 Å². The Balaban J connectivity index is 1.57. The van der Waals surface area contributed by atoms with Crippen molar-refractivity contribution in [3.63, 3.8) is 0 Å². The maximum Gasteiger partial charge on any atom is 0.259 e. The molecule has 3 rings (SSSR count). The van der Waals surface area contributed by atoms with Gasteiger partial charge in [0.15, 0.2) is 0 Å². The first-order chi connectivity index (χ1) is 13.1. The minimum absolute atomic E-state index is 0.0907. The van der Waals surface area contributed by atoms with Gasteiger partial charge in [0.25, 0.3) is 5.91 Å². The lowest BCUT2D eigenvalue weighted by molar-refractivity contribution is -0.119. The number of rotatable bonds is 6. The van der Waals surface area contributed by atoms with Crippen LogP contribution in [-0.2, 0) is 4.79 Å². The number of para-hydroxylation sites is 1. The molecule has 0 bridgehead atoms. The molecule has 0 aliphatic heterocycles. The van der Waals surface area contributed by atoms with Crippen LogP contribution in [0, 0.1) is 0 Å². The average Bonchev–Trinajstić information content (AvgIpc) is 2.72. The van der Waals surface area contributed by atoms with Crippen LogP contribution in [0.5, 0.6) is 0 Å². The predicted molar refractivity (Wildman–Crippen MR) is 112 cm³/mol. The summed E-state index contributed by atoms with van der Waals surface area (Å²) < 4.78 is 0. The molecule has 3 aromatic carbocycles. The van der Waals surface area contributed by atoms with Crippen molar-refractivity contribution in [2.75, 3.05) is 11.9 Å². The smallest absolute Gasteiger partial charge is 0.259 e. The summed E-state index contributed by atoms with van der Waals surface area (Å²) in [5.74, 6) is -0.241. The van der Waals surface area contributed by atoms with E-state index in [9.17, 15) is 4.79 Å². The summed E-state index contributed by atoms with van der Waals surface area (Å²) in [7, 11) is 0. The van der Waals surface area contributed by atoms with E-state index in [-0.39, 0.29) is 12.5 Å². The second kappa shape index (κ2) is 9.01. The zero-order valence-electron chi connectivity index (χ0n) is 14.9. The molecule has 27 heavy (non-hydrogen) atoms. The second-order valence-electron chi connectivity index (χ2n) is 6.01. The summed E-state index contributed by atoms with van der Waals surface area (Å²) in [6.07, 6.45) is 0. The summed E-state index contributed by atoms with van der Waals surface area (Å²) in [5.41, 5.74) is 7.27. The Kier molecular flexibility index (Phi) is 6.23. The number of carbonyl (C=O) groups is 1.